The van der Waals surface area contributed by atoms with Gasteiger partial charge in [0.05, 0.1) is 12.1 Å². The maximum absolute atomic E-state index is 10.4. The minimum absolute atomic E-state index is 0.547. The highest BCUT2D eigenvalue weighted by Crippen LogP contribution is 2.21. The number of imidazole rings is 1. The molecular formula is C12H21N3O. The minimum atomic E-state index is -0.547. The van der Waals surface area contributed by atoms with Gasteiger partial charge in [-0.1, -0.05) is 6.92 Å². The summed E-state index contributed by atoms with van der Waals surface area (Å²) >= 11 is 0. The molecule has 1 saturated heterocycles. The summed E-state index contributed by atoms with van der Waals surface area (Å²) in [5, 5.41) is 13.7. The van der Waals surface area contributed by atoms with Crippen LogP contribution in [0.4, 0.5) is 0 Å². The molecule has 1 aliphatic rings. The number of nitrogens with zero attached hydrogens (tertiary/aromatic N) is 2. The van der Waals surface area contributed by atoms with E-state index in [1.165, 1.54) is 0 Å². The fourth-order valence-electron chi connectivity index (χ4n) is 2.30. The Labute approximate surface area is 96.7 Å². The van der Waals surface area contributed by atoms with E-state index in [0.29, 0.717) is 6.54 Å². The summed E-state index contributed by atoms with van der Waals surface area (Å²) in [4.78, 5) is 4.34. The normalized spacial score (nSPS) is 19.9. The Balaban J connectivity index is 2.04. The van der Waals surface area contributed by atoms with E-state index in [1.54, 1.807) is 0 Å². The minimum Gasteiger partial charge on any atom is -0.388 e. The van der Waals surface area contributed by atoms with E-state index >= 15 is 0 Å². The quantitative estimate of drug-likeness (QED) is 0.799. The summed E-state index contributed by atoms with van der Waals surface area (Å²) in [7, 11) is 0. The van der Waals surface area contributed by atoms with Crippen LogP contribution in [0, 0.1) is 0 Å². The summed E-state index contributed by atoms with van der Waals surface area (Å²) in [6, 6.07) is 0. The highest BCUT2D eigenvalue weighted by atomic mass is 16.3. The molecule has 0 amide bonds. The van der Waals surface area contributed by atoms with Gasteiger partial charge in [0.2, 0.25) is 0 Å². The number of aliphatic hydroxyl groups is 1. The Hall–Kier alpha value is -0.870. The molecule has 0 spiro atoms. The van der Waals surface area contributed by atoms with Crippen molar-refractivity contribution >= 4 is 0 Å². The number of hydrogen-bond donors (Lipinski definition) is 2. The second-order valence-electron chi connectivity index (χ2n) is 4.70. The molecule has 90 valence electrons. The van der Waals surface area contributed by atoms with Crippen LogP contribution in [-0.2, 0) is 13.0 Å². The van der Waals surface area contributed by atoms with E-state index in [-0.39, 0.29) is 0 Å². The monoisotopic (exact) mass is 223 g/mol. The summed E-state index contributed by atoms with van der Waals surface area (Å²) in [6.45, 7) is 4.66. The second kappa shape index (κ2) is 4.97. The third kappa shape index (κ3) is 2.62. The van der Waals surface area contributed by atoms with Crippen molar-refractivity contribution in [1.82, 2.24) is 14.9 Å². The van der Waals surface area contributed by atoms with Crippen LogP contribution in [0.1, 0.15) is 32.0 Å². The Bertz CT molecular complexity index is 329. The topological polar surface area (TPSA) is 50.1 Å². The predicted molar refractivity (Wildman–Crippen MR) is 63.3 cm³/mol. The largest absolute Gasteiger partial charge is 0.388 e. The highest BCUT2D eigenvalue weighted by molar-refractivity contribution is 4.96. The number of aryl methyl sites for hydroxylation is 1. The van der Waals surface area contributed by atoms with Gasteiger partial charge < -0.3 is 15.0 Å². The average molecular weight is 223 g/mol. The summed E-state index contributed by atoms with van der Waals surface area (Å²) in [5.41, 5.74) is -0.547. The van der Waals surface area contributed by atoms with Crippen molar-refractivity contribution < 1.29 is 5.11 Å². The van der Waals surface area contributed by atoms with Crippen LogP contribution in [0.2, 0.25) is 0 Å². The molecule has 0 aliphatic carbocycles. The number of hydrogen-bond acceptors (Lipinski definition) is 3. The van der Waals surface area contributed by atoms with Crippen molar-refractivity contribution in [2.24, 2.45) is 0 Å². The highest BCUT2D eigenvalue weighted by Gasteiger charge is 2.29. The Morgan fingerprint density at radius 2 is 2.25 bits per heavy atom. The van der Waals surface area contributed by atoms with Crippen LogP contribution in [-0.4, -0.2) is 33.3 Å². The van der Waals surface area contributed by atoms with Gasteiger partial charge in [0.15, 0.2) is 0 Å². The standard InChI is InChI=1S/C12H21N3O/c1-2-3-11-14-8-9-15(11)10-12(16)4-6-13-7-5-12/h8-9,13,16H,2-7,10H2,1H3. The van der Waals surface area contributed by atoms with Gasteiger partial charge in [-0.25, -0.2) is 4.98 Å². The van der Waals surface area contributed by atoms with Gasteiger partial charge in [-0.2, -0.15) is 0 Å². The summed E-state index contributed by atoms with van der Waals surface area (Å²) < 4.78 is 2.11. The molecule has 1 aromatic rings. The van der Waals surface area contributed by atoms with Crippen LogP contribution >= 0.6 is 0 Å². The molecule has 4 heteroatoms. The summed E-state index contributed by atoms with van der Waals surface area (Å²) in [6.07, 6.45) is 7.55. The number of nitrogens with one attached hydrogen (secondary N) is 1. The number of piperidine rings is 1. The lowest BCUT2D eigenvalue weighted by Gasteiger charge is -2.33. The average Bonchev–Trinajstić information content (AvgIpc) is 2.67. The van der Waals surface area contributed by atoms with Gasteiger partial charge >= 0.3 is 0 Å². The lowest BCUT2D eigenvalue weighted by Crippen LogP contribution is -2.44. The van der Waals surface area contributed by atoms with Crippen molar-refractivity contribution in [2.45, 2.75) is 44.8 Å². The van der Waals surface area contributed by atoms with E-state index < -0.39 is 5.60 Å². The Morgan fingerprint density at radius 3 is 2.94 bits per heavy atom. The molecule has 2 rings (SSSR count). The maximum Gasteiger partial charge on any atom is 0.108 e. The van der Waals surface area contributed by atoms with Crippen LogP contribution in [0.15, 0.2) is 12.4 Å². The SMILES string of the molecule is CCCc1nccn1CC1(O)CCNCC1. The molecule has 4 nitrogen and oxygen atoms in total. The molecule has 0 radical (unpaired) electrons. The third-order valence-corrected chi connectivity index (χ3v) is 3.27. The molecule has 0 bridgehead atoms. The van der Waals surface area contributed by atoms with Gasteiger partial charge in [0.1, 0.15) is 5.82 Å². The van der Waals surface area contributed by atoms with Gasteiger partial charge in [0, 0.05) is 18.8 Å². The fourth-order valence-corrected chi connectivity index (χ4v) is 2.30. The molecule has 1 fully saturated rings. The van der Waals surface area contributed by atoms with Crippen molar-refractivity contribution in [2.75, 3.05) is 13.1 Å². The van der Waals surface area contributed by atoms with Crippen molar-refractivity contribution in [1.29, 1.82) is 0 Å². The number of aromatic nitrogens is 2. The van der Waals surface area contributed by atoms with Gasteiger partial charge in [-0.05, 0) is 32.4 Å². The van der Waals surface area contributed by atoms with E-state index in [0.717, 1.165) is 44.6 Å². The first kappa shape index (κ1) is 11.6. The van der Waals surface area contributed by atoms with Crippen LogP contribution < -0.4 is 5.32 Å². The zero-order chi connectivity index (χ0) is 11.4. The lowest BCUT2D eigenvalue weighted by molar-refractivity contribution is -0.00601. The molecule has 2 N–H and O–H groups in total. The maximum atomic E-state index is 10.4. The summed E-state index contributed by atoms with van der Waals surface area (Å²) in [5.74, 6) is 1.09. The zero-order valence-corrected chi connectivity index (χ0v) is 9.95. The van der Waals surface area contributed by atoms with Crippen molar-refractivity contribution in [3.05, 3.63) is 18.2 Å². The second-order valence-corrected chi connectivity index (χ2v) is 4.70. The smallest absolute Gasteiger partial charge is 0.108 e. The Morgan fingerprint density at radius 1 is 1.50 bits per heavy atom. The first-order valence-corrected chi connectivity index (χ1v) is 6.17. The first-order chi connectivity index (χ1) is 7.73. The lowest BCUT2D eigenvalue weighted by atomic mass is 9.92. The van der Waals surface area contributed by atoms with Crippen LogP contribution in [0.25, 0.3) is 0 Å². The zero-order valence-electron chi connectivity index (χ0n) is 9.95. The van der Waals surface area contributed by atoms with Crippen LogP contribution in [0.3, 0.4) is 0 Å². The van der Waals surface area contributed by atoms with E-state index in [1.807, 2.05) is 12.4 Å². The molecule has 1 aliphatic heterocycles. The van der Waals surface area contributed by atoms with Crippen molar-refractivity contribution in [3.63, 3.8) is 0 Å². The van der Waals surface area contributed by atoms with Crippen molar-refractivity contribution in [3.8, 4) is 0 Å². The van der Waals surface area contributed by atoms with E-state index in [9.17, 15) is 5.11 Å². The molecular weight excluding hydrogens is 202 g/mol. The first-order valence-electron chi connectivity index (χ1n) is 6.17. The third-order valence-electron chi connectivity index (χ3n) is 3.27. The van der Waals surface area contributed by atoms with Crippen LogP contribution in [0.5, 0.6) is 0 Å². The molecule has 0 unspecified atom stereocenters. The van der Waals surface area contributed by atoms with E-state index in [2.05, 4.69) is 21.8 Å². The fraction of sp³-hybridized carbons (Fsp3) is 0.750. The Kier molecular flexibility index (Phi) is 3.61. The van der Waals surface area contributed by atoms with E-state index in [4.69, 9.17) is 0 Å². The van der Waals surface area contributed by atoms with Gasteiger partial charge in [-0.3, -0.25) is 0 Å². The molecule has 0 saturated carbocycles. The molecule has 2 heterocycles. The van der Waals surface area contributed by atoms with Gasteiger partial charge in [0.25, 0.3) is 0 Å². The predicted octanol–water partition coefficient (Wildman–Crippen LogP) is 0.950. The van der Waals surface area contributed by atoms with Gasteiger partial charge in [-0.15, -0.1) is 0 Å². The molecule has 1 aromatic heterocycles. The number of rotatable bonds is 4. The molecule has 16 heavy (non-hydrogen) atoms. The molecule has 0 atom stereocenters. The molecule has 0 aromatic carbocycles.